The molecule has 0 radical (unpaired) electrons. The molecule has 2 N–H and O–H groups in total. The third-order valence-electron chi connectivity index (χ3n) is 4.64. The Hall–Kier alpha value is -2.86. The van der Waals surface area contributed by atoms with E-state index in [0.717, 1.165) is 25.2 Å². The molecule has 6 nitrogen and oxygen atoms in total. The zero-order valence-corrected chi connectivity index (χ0v) is 18.6. The second-order valence-corrected chi connectivity index (χ2v) is 8.12. The molecule has 0 aliphatic rings. The van der Waals surface area contributed by atoms with Gasteiger partial charge in [0.15, 0.2) is 0 Å². The number of carbonyl (C=O) groups excluding carboxylic acids is 2. The van der Waals surface area contributed by atoms with Crippen molar-refractivity contribution in [2.75, 3.05) is 18.4 Å². The van der Waals surface area contributed by atoms with Crippen LogP contribution in [0.25, 0.3) is 0 Å². The summed E-state index contributed by atoms with van der Waals surface area (Å²) in [6.45, 7) is 13.0. The minimum absolute atomic E-state index is 0.156. The highest BCUT2D eigenvalue weighted by molar-refractivity contribution is 5.95. The van der Waals surface area contributed by atoms with Gasteiger partial charge in [0.2, 0.25) is 0 Å². The Bertz CT molecular complexity index is 838. The summed E-state index contributed by atoms with van der Waals surface area (Å²) in [6, 6.07) is 14.9. The molecule has 0 fully saturated rings. The Morgan fingerprint density at radius 2 is 1.53 bits per heavy atom. The predicted molar refractivity (Wildman–Crippen MR) is 121 cm³/mol. The van der Waals surface area contributed by atoms with Crippen LogP contribution in [-0.4, -0.2) is 35.6 Å². The number of hydrogen-bond acceptors (Lipinski definition) is 4. The van der Waals surface area contributed by atoms with E-state index in [0.29, 0.717) is 17.8 Å². The van der Waals surface area contributed by atoms with Gasteiger partial charge in [-0.05, 0) is 69.3 Å². The molecule has 0 unspecified atom stereocenters. The van der Waals surface area contributed by atoms with Crippen molar-refractivity contribution in [3.05, 3.63) is 65.2 Å². The summed E-state index contributed by atoms with van der Waals surface area (Å²) in [7, 11) is 0. The van der Waals surface area contributed by atoms with Gasteiger partial charge in [0.25, 0.3) is 5.91 Å². The topological polar surface area (TPSA) is 70.7 Å². The Labute approximate surface area is 179 Å². The normalized spacial score (nSPS) is 11.3. The van der Waals surface area contributed by atoms with E-state index >= 15 is 0 Å². The molecule has 0 saturated heterocycles. The first-order valence-electron chi connectivity index (χ1n) is 10.4. The summed E-state index contributed by atoms with van der Waals surface area (Å²) in [6.07, 6.45) is -0.524. The van der Waals surface area contributed by atoms with Gasteiger partial charge in [0, 0.05) is 24.3 Å². The minimum Gasteiger partial charge on any atom is -0.444 e. The van der Waals surface area contributed by atoms with Gasteiger partial charge in [-0.1, -0.05) is 38.1 Å². The van der Waals surface area contributed by atoms with Gasteiger partial charge in [-0.2, -0.15) is 0 Å². The zero-order valence-electron chi connectivity index (χ0n) is 18.6. The predicted octanol–water partition coefficient (Wildman–Crippen LogP) is 4.81. The second-order valence-electron chi connectivity index (χ2n) is 8.12. The van der Waals surface area contributed by atoms with Crippen molar-refractivity contribution in [2.24, 2.45) is 0 Å². The summed E-state index contributed by atoms with van der Waals surface area (Å²) >= 11 is 0. The maximum atomic E-state index is 12.6. The van der Waals surface area contributed by atoms with E-state index in [2.05, 4.69) is 35.4 Å². The van der Waals surface area contributed by atoms with Crippen LogP contribution >= 0.6 is 0 Å². The molecule has 0 aromatic heterocycles. The first-order valence-corrected chi connectivity index (χ1v) is 10.4. The average Bonchev–Trinajstić information content (AvgIpc) is 2.70. The molecule has 0 aliphatic carbocycles. The van der Waals surface area contributed by atoms with Gasteiger partial charge in [-0.25, -0.2) is 4.79 Å². The van der Waals surface area contributed by atoms with Crippen LogP contribution in [0, 0.1) is 0 Å². The van der Waals surface area contributed by atoms with Gasteiger partial charge >= 0.3 is 6.09 Å². The molecule has 0 heterocycles. The van der Waals surface area contributed by atoms with Crippen molar-refractivity contribution in [3.63, 3.8) is 0 Å². The van der Waals surface area contributed by atoms with Gasteiger partial charge in [-0.15, -0.1) is 0 Å². The van der Waals surface area contributed by atoms with Crippen molar-refractivity contribution >= 4 is 17.7 Å². The zero-order chi connectivity index (χ0) is 22.1. The van der Waals surface area contributed by atoms with Crippen LogP contribution in [-0.2, 0) is 17.8 Å². The number of benzene rings is 2. The SMILES string of the molecule is CCN(CC)Cc1ccccc1CNC(=O)c1ccc(NC(=O)OC(C)(C)C)cc1. The fourth-order valence-electron chi connectivity index (χ4n) is 2.98. The monoisotopic (exact) mass is 411 g/mol. The Kier molecular flexibility index (Phi) is 8.42. The highest BCUT2D eigenvalue weighted by atomic mass is 16.6. The highest BCUT2D eigenvalue weighted by Crippen LogP contribution is 2.14. The molecule has 30 heavy (non-hydrogen) atoms. The molecule has 2 rings (SSSR count). The standard InChI is InChI=1S/C24H33N3O3/c1-6-27(7-2)17-20-11-9-8-10-19(20)16-25-22(28)18-12-14-21(15-13-18)26-23(29)30-24(3,4)5/h8-15H,6-7,16-17H2,1-5H3,(H,25,28)(H,26,29). The van der Waals surface area contributed by atoms with Gasteiger partial charge < -0.3 is 10.1 Å². The molecule has 0 bridgehead atoms. The first-order chi connectivity index (χ1) is 14.2. The van der Waals surface area contributed by atoms with E-state index in [1.807, 2.05) is 18.2 Å². The minimum atomic E-state index is -0.564. The maximum Gasteiger partial charge on any atom is 0.412 e. The lowest BCUT2D eigenvalue weighted by Crippen LogP contribution is -2.27. The lowest BCUT2D eigenvalue weighted by atomic mass is 10.1. The van der Waals surface area contributed by atoms with Gasteiger partial charge in [0.05, 0.1) is 0 Å². The van der Waals surface area contributed by atoms with Crippen LogP contribution in [0.5, 0.6) is 0 Å². The van der Waals surface area contributed by atoms with Crippen LogP contribution in [0.15, 0.2) is 48.5 Å². The molecule has 2 aromatic rings. The van der Waals surface area contributed by atoms with Crippen molar-refractivity contribution in [1.29, 1.82) is 0 Å². The number of anilines is 1. The number of hydrogen-bond donors (Lipinski definition) is 2. The third kappa shape index (κ3) is 7.52. The Balaban J connectivity index is 1.95. The Morgan fingerprint density at radius 3 is 2.10 bits per heavy atom. The smallest absolute Gasteiger partial charge is 0.412 e. The van der Waals surface area contributed by atoms with E-state index < -0.39 is 11.7 Å². The van der Waals surface area contributed by atoms with E-state index in [4.69, 9.17) is 4.74 Å². The fourth-order valence-corrected chi connectivity index (χ4v) is 2.98. The van der Waals surface area contributed by atoms with Gasteiger partial charge in [0.1, 0.15) is 5.60 Å². The molecular weight excluding hydrogens is 378 g/mol. The lowest BCUT2D eigenvalue weighted by Gasteiger charge is -2.20. The first kappa shape index (κ1) is 23.4. The van der Waals surface area contributed by atoms with Crippen LogP contribution < -0.4 is 10.6 Å². The summed E-state index contributed by atoms with van der Waals surface area (Å²) in [5.74, 6) is -0.156. The summed E-state index contributed by atoms with van der Waals surface area (Å²) in [4.78, 5) is 26.7. The summed E-state index contributed by atoms with van der Waals surface area (Å²) in [5.41, 5.74) is 2.88. The van der Waals surface area contributed by atoms with Crippen LogP contribution in [0.2, 0.25) is 0 Å². The second kappa shape index (κ2) is 10.8. The largest absolute Gasteiger partial charge is 0.444 e. The molecular formula is C24H33N3O3. The van der Waals surface area contributed by atoms with E-state index in [-0.39, 0.29) is 5.91 Å². The fraction of sp³-hybridized carbons (Fsp3) is 0.417. The molecule has 6 heteroatoms. The quantitative estimate of drug-likeness (QED) is 0.654. The maximum absolute atomic E-state index is 12.6. The number of rotatable bonds is 8. The number of ether oxygens (including phenoxy) is 1. The number of nitrogens with one attached hydrogen (secondary N) is 2. The highest BCUT2D eigenvalue weighted by Gasteiger charge is 2.16. The van der Waals surface area contributed by atoms with Crippen LogP contribution in [0.3, 0.4) is 0 Å². The molecule has 2 amide bonds. The number of nitrogens with zero attached hydrogens (tertiary/aromatic N) is 1. The van der Waals surface area contributed by atoms with E-state index in [9.17, 15) is 9.59 Å². The van der Waals surface area contributed by atoms with Crippen molar-refractivity contribution < 1.29 is 14.3 Å². The van der Waals surface area contributed by atoms with Crippen molar-refractivity contribution in [2.45, 2.75) is 53.3 Å². The third-order valence-corrected chi connectivity index (χ3v) is 4.64. The summed E-state index contributed by atoms with van der Waals surface area (Å²) < 4.78 is 5.23. The van der Waals surface area contributed by atoms with Crippen molar-refractivity contribution in [3.8, 4) is 0 Å². The molecule has 0 aliphatic heterocycles. The molecule has 162 valence electrons. The molecule has 0 spiro atoms. The van der Waals surface area contributed by atoms with E-state index in [1.165, 1.54) is 5.56 Å². The van der Waals surface area contributed by atoms with Gasteiger partial charge in [-0.3, -0.25) is 15.0 Å². The molecule has 0 saturated carbocycles. The molecule has 2 aromatic carbocycles. The van der Waals surface area contributed by atoms with Crippen LogP contribution in [0.4, 0.5) is 10.5 Å². The molecule has 0 atom stereocenters. The van der Waals surface area contributed by atoms with Crippen molar-refractivity contribution in [1.82, 2.24) is 10.2 Å². The van der Waals surface area contributed by atoms with E-state index in [1.54, 1.807) is 45.0 Å². The number of amides is 2. The Morgan fingerprint density at radius 1 is 0.933 bits per heavy atom. The van der Waals surface area contributed by atoms with Crippen LogP contribution in [0.1, 0.15) is 56.1 Å². The number of carbonyl (C=O) groups is 2. The lowest BCUT2D eigenvalue weighted by molar-refractivity contribution is 0.0635. The average molecular weight is 412 g/mol. The summed E-state index contributed by atoms with van der Waals surface area (Å²) in [5, 5.41) is 5.65.